The predicted molar refractivity (Wildman–Crippen MR) is 122 cm³/mol. The third kappa shape index (κ3) is 5.60. The van der Waals surface area contributed by atoms with Gasteiger partial charge in [-0.1, -0.05) is 29.8 Å². The van der Waals surface area contributed by atoms with Crippen molar-refractivity contribution in [3.8, 4) is 5.75 Å². The van der Waals surface area contributed by atoms with E-state index >= 15 is 0 Å². The summed E-state index contributed by atoms with van der Waals surface area (Å²) < 4.78 is 33.0. The zero-order chi connectivity index (χ0) is 20.9. The van der Waals surface area contributed by atoms with Crippen molar-refractivity contribution in [1.82, 2.24) is 0 Å². The lowest BCUT2D eigenvalue weighted by atomic mass is 10.3. The summed E-state index contributed by atoms with van der Waals surface area (Å²) in [6.45, 7) is 0. The van der Waals surface area contributed by atoms with E-state index in [4.69, 9.17) is 28.6 Å². The maximum atomic E-state index is 12.6. The van der Waals surface area contributed by atoms with Crippen molar-refractivity contribution in [2.75, 3.05) is 22.5 Å². The maximum Gasteiger partial charge on any atom is 0.262 e. The van der Waals surface area contributed by atoms with Crippen molar-refractivity contribution >= 4 is 56.0 Å². The monoisotopic (exact) mass is 447 g/mol. The topological polar surface area (TPSA) is 79.5 Å². The van der Waals surface area contributed by atoms with E-state index < -0.39 is 10.0 Å². The van der Waals surface area contributed by atoms with Crippen molar-refractivity contribution < 1.29 is 13.2 Å². The molecule has 0 spiro atoms. The van der Waals surface area contributed by atoms with E-state index in [9.17, 15) is 8.42 Å². The quantitative estimate of drug-likeness (QED) is 0.463. The molecule has 0 atom stereocenters. The summed E-state index contributed by atoms with van der Waals surface area (Å²) in [5.74, 6) is 0.437. The van der Waals surface area contributed by atoms with Gasteiger partial charge in [0.1, 0.15) is 5.75 Å². The molecular weight excluding hydrogens is 430 g/mol. The van der Waals surface area contributed by atoms with E-state index in [0.29, 0.717) is 27.3 Å². The van der Waals surface area contributed by atoms with Crippen LogP contribution in [0.25, 0.3) is 0 Å². The summed E-state index contributed by atoms with van der Waals surface area (Å²) in [6.07, 6.45) is 0. The van der Waals surface area contributed by atoms with Crippen LogP contribution in [0.4, 0.5) is 17.1 Å². The molecule has 150 valence electrons. The van der Waals surface area contributed by atoms with Crippen LogP contribution in [0.3, 0.4) is 0 Å². The fourth-order valence-corrected chi connectivity index (χ4v) is 4.01. The molecule has 3 aromatic carbocycles. The lowest BCUT2D eigenvalue weighted by molar-refractivity contribution is 0.417. The zero-order valence-electron chi connectivity index (χ0n) is 15.3. The van der Waals surface area contributed by atoms with E-state index in [0.717, 1.165) is 5.69 Å². The zero-order valence-corrected chi connectivity index (χ0v) is 17.7. The number of methoxy groups -OCH3 is 1. The molecule has 0 fully saturated rings. The van der Waals surface area contributed by atoms with Crippen LogP contribution < -0.4 is 20.1 Å². The highest BCUT2D eigenvalue weighted by atomic mass is 35.5. The van der Waals surface area contributed by atoms with Gasteiger partial charge >= 0.3 is 0 Å². The second-order valence-corrected chi connectivity index (χ2v) is 8.45. The molecule has 3 aromatic rings. The van der Waals surface area contributed by atoms with Crippen LogP contribution in [-0.4, -0.2) is 20.6 Å². The van der Waals surface area contributed by atoms with Gasteiger partial charge in [0.25, 0.3) is 10.0 Å². The molecule has 0 amide bonds. The molecule has 0 aliphatic heterocycles. The minimum Gasteiger partial charge on any atom is -0.495 e. The standard InChI is InChI=1S/C20H18ClN3O3S2/c1-27-19-8-3-2-7-18(19)24-29(25,26)17-11-9-15(10-12-17)22-20(28)23-16-6-4-5-14(21)13-16/h2-13,24H,1H3,(H2,22,23,28). The van der Waals surface area contributed by atoms with Gasteiger partial charge in [-0.2, -0.15) is 0 Å². The number of rotatable bonds is 6. The first-order valence-electron chi connectivity index (χ1n) is 8.47. The lowest BCUT2D eigenvalue weighted by Gasteiger charge is -2.13. The van der Waals surface area contributed by atoms with Gasteiger partial charge in [0.2, 0.25) is 0 Å². The molecule has 6 nitrogen and oxygen atoms in total. The minimum absolute atomic E-state index is 0.114. The van der Waals surface area contributed by atoms with Crippen LogP contribution in [-0.2, 0) is 10.0 Å². The van der Waals surface area contributed by atoms with Crippen LogP contribution in [0.15, 0.2) is 77.7 Å². The van der Waals surface area contributed by atoms with E-state index in [1.54, 1.807) is 48.5 Å². The normalized spacial score (nSPS) is 10.8. The fourth-order valence-electron chi connectivity index (χ4n) is 2.51. The van der Waals surface area contributed by atoms with E-state index in [1.165, 1.54) is 19.2 Å². The largest absolute Gasteiger partial charge is 0.495 e. The number of para-hydroxylation sites is 2. The highest BCUT2D eigenvalue weighted by Crippen LogP contribution is 2.26. The number of hydrogen-bond acceptors (Lipinski definition) is 4. The number of halogens is 1. The number of benzene rings is 3. The maximum absolute atomic E-state index is 12.6. The molecule has 0 saturated heterocycles. The van der Waals surface area contributed by atoms with Crippen LogP contribution in [0.2, 0.25) is 5.02 Å². The number of anilines is 3. The van der Waals surface area contributed by atoms with Crippen LogP contribution in [0.1, 0.15) is 0 Å². The average Bonchev–Trinajstić information content (AvgIpc) is 2.68. The molecule has 29 heavy (non-hydrogen) atoms. The van der Waals surface area contributed by atoms with Crippen molar-refractivity contribution in [3.63, 3.8) is 0 Å². The average molecular weight is 448 g/mol. The number of hydrogen-bond donors (Lipinski definition) is 3. The van der Waals surface area contributed by atoms with Gasteiger partial charge in [-0.3, -0.25) is 4.72 Å². The summed E-state index contributed by atoms with van der Waals surface area (Å²) in [6, 6.07) is 20.2. The molecule has 3 rings (SSSR count). The first kappa shape index (κ1) is 20.9. The first-order valence-corrected chi connectivity index (χ1v) is 10.7. The van der Waals surface area contributed by atoms with Crippen molar-refractivity contribution in [1.29, 1.82) is 0 Å². The van der Waals surface area contributed by atoms with Crippen molar-refractivity contribution in [2.24, 2.45) is 0 Å². The second kappa shape index (κ2) is 9.13. The Morgan fingerprint density at radius 1 is 0.931 bits per heavy atom. The molecule has 0 aromatic heterocycles. The summed E-state index contributed by atoms with van der Waals surface area (Å²) in [4.78, 5) is 0.114. The Morgan fingerprint density at radius 3 is 2.31 bits per heavy atom. The van der Waals surface area contributed by atoms with E-state index in [2.05, 4.69) is 15.4 Å². The van der Waals surface area contributed by atoms with Crippen molar-refractivity contribution in [3.05, 3.63) is 77.8 Å². The molecular formula is C20H18ClN3O3S2. The number of nitrogens with one attached hydrogen (secondary N) is 3. The molecule has 0 heterocycles. The van der Waals surface area contributed by atoms with Gasteiger partial charge < -0.3 is 15.4 Å². The van der Waals surface area contributed by atoms with Crippen LogP contribution >= 0.6 is 23.8 Å². The highest BCUT2D eigenvalue weighted by molar-refractivity contribution is 7.92. The molecule has 0 bridgehead atoms. The Hall–Kier alpha value is -2.81. The second-order valence-electron chi connectivity index (χ2n) is 5.92. The lowest BCUT2D eigenvalue weighted by Crippen LogP contribution is -2.19. The van der Waals surface area contributed by atoms with Gasteiger partial charge in [0.05, 0.1) is 17.7 Å². The molecule has 0 radical (unpaired) electrons. The molecule has 3 N–H and O–H groups in total. The molecule has 9 heteroatoms. The summed E-state index contributed by atoms with van der Waals surface area (Å²) >= 11 is 11.2. The van der Waals surface area contributed by atoms with Crippen LogP contribution in [0, 0.1) is 0 Å². The number of ether oxygens (including phenoxy) is 1. The van der Waals surface area contributed by atoms with Gasteiger partial charge in [-0.05, 0) is 66.8 Å². The third-order valence-corrected chi connectivity index (χ3v) is 5.68. The summed E-state index contributed by atoms with van der Waals surface area (Å²) in [7, 11) is -2.29. The van der Waals surface area contributed by atoms with Gasteiger partial charge in [-0.25, -0.2) is 8.42 Å². The molecule has 0 unspecified atom stereocenters. The van der Waals surface area contributed by atoms with Gasteiger partial charge in [-0.15, -0.1) is 0 Å². The summed E-state index contributed by atoms with van der Waals surface area (Å²) in [5.41, 5.74) is 1.75. The summed E-state index contributed by atoms with van der Waals surface area (Å²) in [5, 5.41) is 6.96. The molecule has 0 saturated carbocycles. The molecule has 0 aliphatic carbocycles. The number of thiocarbonyl (C=S) groups is 1. The Balaban J connectivity index is 1.68. The van der Waals surface area contributed by atoms with Gasteiger partial charge in [0.15, 0.2) is 5.11 Å². The van der Waals surface area contributed by atoms with E-state index in [-0.39, 0.29) is 4.90 Å². The van der Waals surface area contributed by atoms with E-state index in [1.807, 2.05) is 12.1 Å². The van der Waals surface area contributed by atoms with Gasteiger partial charge in [0, 0.05) is 16.4 Å². The van der Waals surface area contributed by atoms with Crippen molar-refractivity contribution in [2.45, 2.75) is 4.90 Å². The predicted octanol–water partition coefficient (Wildman–Crippen LogP) is 4.96. The Labute approximate surface area is 179 Å². The van der Waals surface area contributed by atoms with Crippen LogP contribution in [0.5, 0.6) is 5.75 Å². The Bertz CT molecular complexity index is 1120. The SMILES string of the molecule is COc1ccccc1NS(=O)(=O)c1ccc(NC(=S)Nc2cccc(Cl)c2)cc1. The Kier molecular flexibility index (Phi) is 6.58. The molecule has 0 aliphatic rings. The third-order valence-electron chi connectivity index (χ3n) is 3.86. The smallest absolute Gasteiger partial charge is 0.262 e. The number of sulfonamides is 1. The fraction of sp³-hybridized carbons (Fsp3) is 0.0500. The Morgan fingerprint density at radius 2 is 1.62 bits per heavy atom. The first-order chi connectivity index (χ1) is 13.9. The highest BCUT2D eigenvalue weighted by Gasteiger charge is 2.16. The minimum atomic E-state index is -3.77.